The van der Waals surface area contributed by atoms with Crippen molar-refractivity contribution in [3.63, 3.8) is 0 Å². The number of halogens is 3. The van der Waals surface area contributed by atoms with E-state index in [1.165, 1.54) is 11.0 Å². The van der Waals surface area contributed by atoms with Crippen LogP contribution in [0.2, 0.25) is 0 Å². The van der Waals surface area contributed by atoms with Gasteiger partial charge in [0.15, 0.2) is 0 Å². The number of ether oxygens (including phenoxy) is 2. The van der Waals surface area contributed by atoms with Crippen LogP contribution in [0, 0.1) is 5.82 Å². The highest BCUT2D eigenvalue weighted by Crippen LogP contribution is 2.28. The fourth-order valence-corrected chi connectivity index (χ4v) is 2.85. The molecule has 1 N–H and O–H groups in total. The standard InChI is InChI=1S/C16H18F3N3O4/c17-12-7-10(1-2-13(12)21-3-5-25-6-4-21)22-9-11(26-16(22)24)8-20-15(23)14(18)19/h1-2,7,11,14H,3-6,8-9H2,(H,20,23)/t11-/m0/s1. The Hall–Kier alpha value is -2.49. The Bertz CT molecular complexity index is 683. The Kier molecular flexibility index (Phi) is 5.50. The van der Waals surface area contributed by atoms with Crippen LogP contribution in [-0.4, -0.2) is 63.9 Å². The molecule has 2 fully saturated rings. The molecule has 1 aromatic carbocycles. The van der Waals surface area contributed by atoms with Crippen molar-refractivity contribution in [1.82, 2.24) is 5.32 Å². The summed E-state index contributed by atoms with van der Waals surface area (Å²) in [5.41, 5.74) is 0.720. The predicted octanol–water partition coefficient (Wildman–Crippen LogP) is 1.37. The fraction of sp³-hybridized carbons (Fsp3) is 0.500. The maximum absolute atomic E-state index is 14.5. The third-order valence-electron chi connectivity index (χ3n) is 4.17. The highest BCUT2D eigenvalue weighted by atomic mass is 19.3. The van der Waals surface area contributed by atoms with Crippen molar-refractivity contribution >= 4 is 23.4 Å². The van der Waals surface area contributed by atoms with Crippen molar-refractivity contribution in [1.29, 1.82) is 0 Å². The van der Waals surface area contributed by atoms with Crippen molar-refractivity contribution in [3.8, 4) is 0 Å². The number of hydrogen-bond acceptors (Lipinski definition) is 5. The summed E-state index contributed by atoms with van der Waals surface area (Å²) in [6, 6.07) is 4.40. The zero-order valence-electron chi connectivity index (χ0n) is 13.8. The minimum Gasteiger partial charge on any atom is -0.442 e. The molecule has 2 aliphatic heterocycles. The number of hydrogen-bond donors (Lipinski definition) is 1. The van der Waals surface area contributed by atoms with Gasteiger partial charge in [0.1, 0.15) is 11.9 Å². The minimum atomic E-state index is -3.13. The smallest absolute Gasteiger partial charge is 0.414 e. The largest absolute Gasteiger partial charge is 0.442 e. The average Bonchev–Trinajstić information content (AvgIpc) is 3.01. The third kappa shape index (κ3) is 4.01. The molecule has 7 nitrogen and oxygen atoms in total. The van der Waals surface area contributed by atoms with E-state index in [-0.39, 0.29) is 13.1 Å². The van der Waals surface area contributed by atoms with Gasteiger partial charge in [0.25, 0.3) is 5.91 Å². The molecular weight excluding hydrogens is 355 g/mol. The van der Waals surface area contributed by atoms with Crippen LogP contribution in [0.3, 0.4) is 0 Å². The van der Waals surface area contributed by atoms with Crippen LogP contribution in [-0.2, 0) is 14.3 Å². The van der Waals surface area contributed by atoms with Gasteiger partial charge in [0.2, 0.25) is 0 Å². The van der Waals surface area contributed by atoms with Gasteiger partial charge in [0.05, 0.1) is 37.7 Å². The van der Waals surface area contributed by atoms with E-state index < -0.39 is 30.3 Å². The number of anilines is 2. The van der Waals surface area contributed by atoms with Crippen LogP contribution in [0.4, 0.5) is 29.3 Å². The van der Waals surface area contributed by atoms with E-state index in [2.05, 4.69) is 0 Å². The molecule has 3 rings (SSSR count). The highest BCUT2D eigenvalue weighted by molar-refractivity contribution is 5.90. The molecule has 142 valence electrons. The summed E-state index contributed by atoms with van der Waals surface area (Å²) in [5, 5.41) is 1.99. The number of amides is 2. The second-order valence-electron chi connectivity index (χ2n) is 5.90. The third-order valence-corrected chi connectivity index (χ3v) is 4.17. The number of carbonyl (C=O) groups excluding carboxylic acids is 2. The molecule has 0 bridgehead atoms. The lowest BCUT2D eigenvalue weighted by molar-refractivity contribution is -0.132. The minimum absolute atomic E-state index is 0.0265. The number of morpholine rings is 1. The SMILES string of the molecule is O=C(NC[C@H]1CN(c2ccc(N3CCOCC3)c(F)c2)C(=O)O1)C(F)F. The van der Waals surface area contributed by atoms with Crippen LogP contribution in [0.1, 0.15) is 0 Å². The second-order valence-corrected chi connectivity index (χ2v) is 5.90. The molecule has 1 aromatic rings. The molecule has 0 radical (unpaired) electrons. The van der Waals surface area contributed by atoms with Crippen LogP contribution in [0.25, 0.3) is 0 Å². The monoisotopic (exact) mass is 373 g/mol. The van der Waals surface area contributed by atoms with Crippen molar-refractivity contribution < 1.29 is 32.2 Å². The molecule has 0 saturated carbocycles. The summed E-state index contributed by atoms with van der Waals surface area (Å²) in [4.78, 5) is 25.9. The van der Waals surface area contributed by atoms with Crippen LogP contribution in [0.15, 0.2) is 18.2 Å². The van der Waals surface area contributed by atoms with E-state index in [9.17, 15) is 22.8 Å². The van der Waals surface area contributed by atoms with E-state index in [1.807, 2.05) is 10.2 Å². The molecule has 2 amide bonds. The molecular formula is C16H18F3N3O4. The van der Waals surface area contributed by atoms with Crippen LogP contribution < -0.4 is 15.1 Å². The van der Waals surface area contributed by atoms with Gasteiger partial charge in [0, 0.05) is 13.1 Å². The number of carbonyl (C=O) groups is 2. The number of alkyl halides is 2. The van der Waals surface area contributed by atoms with E-state index in [1.54, 1.807) is 12.1 Å². The summed E-state index contributed by atoms with van der Waals surface area (Å²) in [6.07, 6.45) is -4.64. The van der Waals surface area contributed by atoms with E-state index >= 15 is 0 Å². The summed E-state index contributed by atoms with van der Waals surface area (Å²) >= 11 is 0. The number of nitrogens with one attached hydrogen (secondary N) is 1. The van der Waals surface area contributed by atoms with E-state index in [0.717, 1.165) is 0 Å². The summed E-state index contributed by atoms with van der Waals surface area (Å²) in [5.74, 6) is -1.91. The zero-order chi connectivity index (χ0) is 18.7. The lowest BCUT2D eigenvalue weighted by atomic mass is 10.2. The van der Waals surface area contributed by atoms with Crippen molar-refractivity contribution in [2.75, 3.05) is 49.2 Å². The summed E-state index contributed by atoms with van der Waals surface area (Å²) in [7, 11) is 0. The Morgan fingerprint density at radius 3 is 2.69 bits per heavy atom. The molecule has 26 heavy (non-hydrogen) atoms. The van der Waals surface area contributed by atoms with Gasteiger partial charge in [-0.3, -0.25) is 9.69 Å². The van der Waals surface area contributed by atoms with Gasteiger partial charge < -0.3 is 19.7 Å². The van der Waals surface area contributed by atoms with Gasteiger partial charge in [-0.05, 0) is 18.2 Å². The van der Waals surface area contributed by atoms with Crippen molar-refractivity contribution in [2.45, 2.75) is 12.5 Å². The first-order chi connectivity index (χ1) is 12.5. The zero-order valence-corrected chi connectivity index (χ0v) is 13.8. The molecule has 0 aromatic heterocycles. The molecule has 1 atom stereocenters. The van der Waals surface area contributed by atoms with Crippen molar-refractivity contribution in [2.24, 2.45) is 0 Å². The lowest BCUT2D eigenvalue weighted by Gasteiger charge is -2.29. The Labute approximate surface area is 147 Å². The highest BCUT2D eigenvalue weighted by Gasteiger charge is 2.33. The van der Waals surface area contributed by atoms with Gasteiger partial charge in [-0.1, -0.05) is 0 Å². The molecule has 0 spiro atoms. The number of cyclic esters (lactones) is 1. The molecule has 2 aliphatic rings. The molecule has 2 saturated heterocycles. The van der Waals surface area contributed by atoms with Crippen LogP contribution >= 0.6 is 0 Å². The van der Waals surface area contributed by atoms with E-state index in [0.29, 0.717) is 37.7 Å². The Balaban J connectivity index is 1.64. The number of nitrogens with zero attached hydrogens (tertiary/aromatic N) is 2. The topological polar surface area (TPSA) is 71.1 Å². The number of benzene rings is 1. The average molecular weight is 373 g/mol. The first-order valence-corrected chi connectivity index (χ1v) is 8.12. The quantitative estimate of drug-likeness (QED) is 0.844. The lowest BCUT2D eigenvalue weighted by Crippen LogP contribution is -2.37. The van der Waals surface area contributed by atoms with E-state index in [4.69, 9.17) is 9.47 Å². The van der Waals surface area contributed by atoms with Gasteiger partial charge in [-0.25, -0.2) is 9.18 Å². The van der Waals surface area contributed by atoms with Gasteiger partial charge in [-0.2, -0.15) is 8.78 Å². The maximum atomic E-state index is 14.5. The molecule has 10 heteroatoms. The first-order valence-electron chi connectivity index (χ1n) is 8.12. The summed E-state index contributed by atoms with van der Waals surface area (Å²) in [6.45, 7) is 1.98. The Morgan fingerprint density at radius 2 is 2.04 bits per heavy atom. The number of rotatable bonds is 5. The normalized spacial score (nSPS) is 20.5. The van der Waals surface area contributed by atoms with Gasteiger partial charge in [-0.15, -0.1) is 0 Å². The molecule has 0 aliphatic carbocycles. The fourth-order valence-electron chi connectivity index (χ4n) is 2.85. The molecule has 2 heterocycles. The summed E-state index contributed by atoms with van der Waals surface area (Å²) < 4.78 is 49.1. The molecule has 0 unspecified atom stereocenters. The van der Waals surface area contributed by atoms with Crippen LogP contribution in [0.5, 0.6) is 0 Å². The van der Waals surface area contributed by atoms with Gasteiger partial charge >= 0.3 is 12.5 Å². The Morgan fingerprint density at radius 1 is 1.31 bits per heavy atom. The first kappa shape index (κ1) is 18.3. The maximum Gasteiger partial charge on any atom is 0.414 e. The van der Waals surface area contributed by atoms with Crippen molar-refractivity contribution in [3.05, 3.63) is 24.0 Å². The second kappa shape index (κ2) is 7.81. The predicted molar refractivity (Wildman–Crippen MR) is 86.1 cm³/mol.